The molecule has 6 nitrogen and oxygen atoms in total. The van der Waals surface area contributed by atoms with Crippen LogP contribution in [0.25, 0.3) is 21.9 Å². The maximum atomic E-state index is 12.3. The average Bonchev–Trinajstić information content (AvgIpc) is 2.72. The van der Waals surface area contributed by atoms with Crippen LogP contribution in [-0.2, 0) is 9.53 Å². The van der Waals surface area contributed by atoms with Crippen LogP contribution in [-0.4, -0.2) is 48.7 Å². The molecule has 27 heavy (non-hydrogen) atoms. The molecule has 1 saturated heterocycles. The summed E-state index contributed by atoms with van der Waals surface area (Å²) in [6.07, 6.45) is 1.69. The Balaban J connectivity index is 1.62. The quantitative estimate of drug-likeness (QED) is 0.772. The second-order valence-corrected chi connectivity index (χ2v) is 6.42. The van der Waals surface area contributed by atoms with Gasteiger partial charge in [0, 0.05) is 25.4 Å². The third-order valence-corrected chi connectivity index (χ3v) is 4.66. The Morgan fingerprint density at radius 1 is 1.11 bits per heavy atom. The lowest BCUT2D eigenvalue weighted by Crippen LogP contribution is -2.42. The number of hydrogen-bond donors (Lipinski definition) is 1. The summed E-state index contributed by atoms with van der Waals surface area (Å²) in [7, 11) is 0. The fourth-order valence-corrected chi connectivity index (χ4v) is 3.23. The largest absolute Gasteiger partial charge is 0.484 e. The van der Waals surface area contributed by atoms with Crippen molar-refractivity contribution in [1.29, 1.82) is 0 Å². The van der Waals surface area contributed by atoms with E-state index in [0.717, 1.165) is 21.9 Å². The topological polar surface area (TPSA) is 71.6 Å². The van der Waals surface area contributed by atoms with Gasteiger partial charge in [-0.3, -0.25) is 9.59 Å². The molecule has 138 valence electrons. The molecule has 0 unspecified atom stereocenters. The monoisotopic (exact) mass is 364 g/mol. The first-order valence-corrected chi connectivity index (χ1v) is 8.91. The molecule has 3 aromatic rings. The van der Waals surface area contributed by atoms with Gasteiger partial charge in [0.25, 0.3) is 5.91 Å². The van der Waals surface area contributed by atoms with Crippen molar-refractivity contribution >= 4 is 16.7 Å². The molecule has 2 heterocycles. The van der Waals surface area contributed by atoms with E-state index in [1.54, 1.807) is 17.2 Å². The summed E-state index contributed by atoms with van der Waals surface area (Å²) in [5.74, 6) is 0.577. The number of morpholine rings is 1. The fourth-order valence-electron chi connectivity index (χ4n) is 3.23. The zero-order chi connectivity index (χ0) is 18.6. The Hall–Kier alpha value is -3.12. The zero-order valence-electron chi connectivity index (χ0n) is 14.8. The van der Waals surface area contributed by atoms with Crippen LogP contribution in [0, 0.1) is 0 Å². The van der Waals surface area contributed by atoms with E-state index in [1.807, 2.05) is 36.4 Å². The lowest BCUT2D eigenvalue weighted by molar-refractivity contribution is -0.137. The maximum absolute atomic E-state index is 12.3. The van der Waals surface area contributed by atoms with Crippen molar-refractivity contribution in [2.45, 2.75) is 0 Å². The summed E-state index contributed by atoms with van der Waals surface area (Å²) < 4.78 is 11.1. The number of benzene rings is 2. The molecule has 0 saturated carbocycles. The van der Waals surface area contributed by atoms with E-state index >= 15 is 0 Å². The molecule has 0 spiro atoms. The predicted octanol–water partition coefficient (Wildman–Crippen LogP) is 2.43. The van der Waals surface area contributed by atoms with Gasteiger partial charge in [-0.15, -0.1) is 0 Å². The Labute approximate surface area is 156 Å². The Bertz CT molecular complexity index is 1000. The van der Waals surface area contributed by atoms with Gasteiger partial charge in [-0.1, -0.05) is 24.3 Å². The molecule has 6 heteroatoms. The molecular weight excluding hydrogens is 344 g/mol. The summed E-state index contributed by atoms with van der Waals surface area (Å²) in [5, 5.41) is 2.06. The zero-order valence-corrected chi connectivity index (χ0v) is 14.8. The van der Waals surface area contributed by atoms with Crippen LogP contribution in [0.3, 0.4) is 0 Å². The highest BCUT2D eigenvalue weighted by Gasteiger charge is 2.17. The molecule has 0 aliphatic carbocycles. The normalized spacial score (nSPS) is 14.3. The minimum absolute atomic E-state index is 0.0105. The number of ether oxygens (including phenoxy) is 2. The van der Waals surface area contributed by atoms with Gasteiger partial charge in [0.15, 0.2) is 6.61 Å². The lowest BCUT2D eigenvalue weighted by Gasteiger charge is -2.26. The molecule has 1 N–H and O–H groups in total. The minimum atomic E-state index is -0.147. The van der Waals surface area contributed by atoms with E-state index in [4.69, 9.17) is 9.47 Å². The van der Waals surface area contributed by atoms with Gasteiger partial charge >= 0.3 is 0 Å². The molecular formula is C21H20N2O4. The van der Waals surface area contributed by atoms with Crippen LogP contribution in [0.1, 0.15) is 0 Å². The number of hydrogen-bond acceptors (Lipinski definition) is 4. The van der Waals surface area contributed by atoms with Crippen LogP contribution < -0.4 is 10.3 Å². The summed E-state index contributed by atoms with van der Waals surface area (Å²) in [4.78, 5) is 28.2. The highest BCUT2D eigenvalue weighted by molar-refractivity contribution is 5.97. The number of amides is 1. The highest BCUT2D eigenvalue weighted by Crippen LogP contribution is 2.32. The van der Waals surface area contributed by atoms with Crippen molar-refractivity contribution in [2.75, 3.05) is 32.9 Å². The predicted molar refractivity (Wildman–Crippen MR) is 103 cm³/mol. The molecule has 2 aromatic carbocycles. The molecule has 1 fully saturated rings. The third-order valence-electron chi connectivity index (χ3n) is 4.66. The number of rotatable bonds is 4. The van der Waals surface area contributed by atoms with Gasteiger partial charge in [-0.2, -0.15) is 0 Å². The number of pyridine rings is 1. The highest BCUT2D eigenvalue weighted by atomic mass is 16.5. The van der Waals surface area contributed by atoms with Crippen molar-refractivity contribution in [1.82, 2.24) is 9.88 Å². The Morgan fingerprint density at radius 3 is 2.70 bits per heavy atom. The standard InChI is InChI=1S/C21H20N2O4/c24-20-6-5-16(13-22-20)19-12-17(11-15-3-1-2-4-18(15)19)27-14-21(25)23-7-9-26-10-8-23/h1-6,11-13H,7-10,14H2,(H,22,24). The van der Waals surface area contributed by atoms with Gasteiger partial charge < -0.3 is 19.4 Å². The molecule has 1 aromatic heterocycles. The van der Waals surface area contributed by atoms with Gasteiger partial charge in [0.1, 0.15) is 5.75 Å². The number of fused-ring (bicyclic) bond motifs is 1. The van der Waals surface area contributed by atoms with Crippen LogP contribution in [0.5, 0.6) is 5.75 Å². The number of H-pyrrole nitrogens is 1. The van der Waals surface area contributed by atoms with E-state index in [-0.39, 0.29) is 18.1 Å². The van der Waals surface area contributed by atoms with E-state index in [9.17, 15) is 9.59 Å². The summed E-state index contributed by atoms with van der Waals surface area (Å²) in [5.41, 5.74) is 1.68. The molecule has 0 atom stereocenters. The number of nitrogens with zero attached hydrogens (tertiary/aromatic N) is 1. The number of aromatic nitrogens is 1. The Morgan fingerprint density at radius 2 is 1.93 bits per heavy atom. The SMILES string of the molecule is O=C(COc1cc(-c2ccc(=O)[nH]c2)c2ccccc2c1)N1CCOCC1. The Kier molecular flexibility index (Phi) is 4.89. The maximum Gasteiger partial charge on any atom is 0.260 e. The molecule has 1 amide bonds. The number of carbonyl (C=O) groups is 1. The van der Waals surface area contributed by atoms with Gasteiger partial charge in [0.05, 0.1) is 13.2 Å². The van der Waals surface area contributed by atoms with Crippen LogP contribution >= 0.6 is 0 Å². The van der Waals surface area contributed by atoms with Crippen LogP contribution in [0.15, 0.2) is 59.5 Å². The number of nitrogens with one attached hydrogen (secondary N) is 1. The molecule has 4 rings (SSSR count). The van der Waals surface area contributed by atoms with Gasteiger partial charge in [-0.05, 0) is 40.1 Å². The molecule has 0 radical (unpaired) electrons. The van der Waals surface area contributed by atoms with E-state index in [1.165, 1.54) is 6.07 Å². The first kappa shape index (κ1) is 17.3. The van der Waals surface area contributed by atoms with E-state index in [2.05, 4.69) is 4.98 Å². The van der Waals surface area contributed by atoms with Crippen LogP contribution in [0.4, 0.5) is 0 Å². The number of carbonyl (C=O) groups excluding carboxylic acids is 1. The first-order valence-electron chi connectivity index (χ1n) is 8.91. The molecule has 1 aliphatic heterocycles. The van der Waals surface area contributed by atoms with Crippen molar-refractivity contribution < 1.29 is 14.3 Å². The first-order chi connectivity index (χ1) is 13.2. The second kappa shape index (κ2) is 7.63. The minimum Gasteiger partial charge on any atom is -0.484 e. The van der Waals surface area contributed by atoms with Crippen molar-refractivity contribution in [3.63, 3.8) is 0 Å². The third kappa shape index (κ3) is 3.85. The van der Waals surface area contributed by atoms with Crippen molar-refractivity contribution in [3.8, 4) is 16.9 Å². The van der Waals surface area contributed by atoms with Gasteiger partial charge in [0.2, 0.25) is 5.56 Å². The van der Waals surface area contributed by atoms with E-state index in [0.29, 0.717) is 32.1 Å². The molecule has 1 aliphatic rings. The second-order valence-electron chi connectivity index (χ2n) is 6.42. The van der Waals surface area contributed by atoms with Gasteiger partial charge in [-0.25, -0.2) is 0 Å². The fraction of sp³-hybridized carbons (Fsp3) is 0.238. The molecule has 0 bridgehead atoms. The van der Waals surface area contributed by atoms with Crippen molar-refractivity contribution in [2.24, 2.45) is 0 Å². The van der Waals surface area contributed by atoms with Crippen LogP contribution in [0.2, 0.25) is 0 Å². The smallest absolute Gasteiger partial charge is 0.260 e. The summed E-state index contributed by atoms with van der Waals surface area (Å²) >= 11 is 0. The summed E-state index contributed by atoms with van der Waals surface area (Å²) in [6, 6.07) is 15.1. The number of aromatic amines is 1. The lowest BCUT2D eigenvalue weighted by atomic mass is 9.99. The van der Waals surface area contributed by atoms with E-state index < -0.39 is 0 Å². The van der Waals surface area contributed by atoms with Crippen molar-refractivity contribution in [3.05, 3.63) is 65.1 Å². The average molecular weight is 364 g/mol. The summed E-state index contributed by atoms with van der Waals surface area (Å²) in [6.45, 7) is 2.32.